The van der Waals surface area contributed by atoms with Crippen LogP contribution in [0.4, 0.5) is 0 Å². The van der Waals surface area contributed by atoms with E-state index in [0.717, 1.165) is 42.6 Å². The van der Waals surface area contributed by atoms with Crippen LogP contribution in [0.1, 0.15) is 51.4 Å². The van der Waals surface area contributed by atoms with E-state index in [1.165, 1.54) is 5.56 Å². The molecule has 4 heteroatoms. The summed E-state index contributed by atoms with van der Waals surface area (Å²) in [6.45, 7) is 2.05. The number of likely N-dealkylation sites (tertiary alicyclic amines) is 1. The summed E-state index contributed by atoms with van der Waals surface area (Å²) >= 11 is 0. The normalized spacial score (nSPS) is 14.1. The number of pyridine rings is 1. The number of rotatable bonds is 3. The fourth-order valence-electron chi connectivity index (χ4n) is 3.86. The van der Waals surface area contributed by atoms with Gasteiger partial charge < -0.3 is 10.6 Å². The Bertz CT molecular complexity index is 1070. The number of carbonyl (C=O) groups excluding carboxylic acids is 1. The SMILES string of the molecule is NCc1cccc(C2CCN(C(=O)c3cncc(C#Cc4ccccc4)c3)CC2)c1. The third kappa shape index (κ3) is 4.76. The summed E-state index contributed by atoms with van der Waals surface area (Å²) in [5.74, 6) is 6.72. The van der Waals surface area contributed by atoms with Gasteiger partial charge in [0.2, 0.25) is 0 Å². The highest BCUT2D eigenvalue weighted by Gasteiger charge is 2.25. The first-order valence-electron chi connectivity index (χ1n) is 10.3. The second kappa shape index (κ2) is 9.39. The first-order chi connectivity index (χ1) is 14.7. The van der Waals surface area contributed by atoms with E-state index in [4.69, 9.17) is 5.73 Å². The molecule has 3 aromatic rings. The zero-order valence-corrected chi connectivity index (χ0v) is 16.9. The van der Waals surface area contributed by atoms with E-state index in [0.29, 0.717) is 18.0 Å². The number of carbonyl (C=O) groups is 1. The maximum Gasteiger partial charge on any atom is 0.255 e. The maximum atomic E-state index is 13.0. The van der Waals surface area contributed by atoms with Gasteiger partial charge in [-0.05, 0) is 48.1 Å². The minimum atomic E-state index is 0.0278. The lowest BCUT2D eigenvalue weighted by Crippen LogP contribution is -2.38. The molecule has 2 heterocycles. The van der Waals surface area contributed by atoms with Gasteiger partial charge in [-0.3, -0.25) is 9.78 Å². The Labute approximate surface area is 177 Å². The van der Waals surface area contributed by atoms with Gasteiger partial charge >= 0.3 is 0 Å². The molecule has 1 fully saturated rings. The monoisotopic (exact) mass is 395 g/mol. The van der Waals surface area contributed by atoms with Crippen LogP contribution in [-0.2, 0) is 6.54 Å². The van der Waals surface area contributed by atoms with Crippen molar-refractivity contribution < 1.29 is 4.79 Å². The Morgan fingerprint density at radius 1 is 0.967 bits per heavy atom. The fourth-order valence-corrected chi connectivity index (χ4v) is 3.86. The average molecular weight is 396 g/mol. The number of nitrogens with zero attached hydrogens (tertiary/aromatic N) is 2. The van der Waals surface area contributed by atoms with Crippen molar-refractivity contribution in [1.29, 1.82) is 0 Å². The number of piperidine rings is 1. The standard InChI is InChI=1S/C26H25N3O/c27-17-21-7-4-8-24(15-21)23-11-13-29(14-12-23)26(30)25-16-22(18-28-19-25)10-9-20-5-2-1-3-6-20/h1-8,15-16,18-19,23H,11-14,17,27H2. The quantitative estimate of drug-likeness (QED) is 0.683. The molecule has 2 N–H and O–H groups in total. The zero-order valence-electron chi connectivity index (χ0n) is 16.9. The number of nitrogens with two attached hydrogens (primary N) is 1. The van der Waals surface area contributed by atoms with Gasteiger partial charge in [0.25, 0.3) is 5.91 Å². The van der Waals surface area contributed by atoms with E-state index < -0.39 is 0 Å². The van der Waals surface area contributed by atoms with Gasteiger partial charge in [-0.1, -0.05) is 54.3 Å². The second-order valence-corrected chi connectivity index (χ2v) is 7.59. The van der Waals surface area contributed by atoms with Crippen LogP contribution in [0.15, 0.2) is 73.1 Å². The topological polar surface area (TPSA) is 59.2 Å². The molecular formula is C26H25N3O. The van der Waals surface area contributed by atoms with Crippen molar-refractivity contribution in [2.45, 2.75) is 25.3 Å². The number of aromatic nitrogens is 1. The molecule has 4 rings (SSSR count). The van der Waals surface area contributed by atoms with Crippen LogP contribution in [0.5, 0.6) is 0 Å². The highest BCUT2D eigenvalue weighted by Crippen LogP contribution is 2.29. The summed E-state index contributed by atoms with van der Waals surface area (Å²) in [7, 11) is 0. The molecule has 0 atom stereocenters. The predicted octanol–water partition coefficient (Wildman–Crippen LogP) is 3.96. The Hall–Kier alpha value is -3.42. The molecule has 0 radical (unpaired) electrons. The van der Waals surface area contributed by atoms with Crippen molar-refractivity contribution in [3.63, 3.8) is 0 Å². The summed E-state index contributed by atoms with van der Waals surface area (Å²) < 4.78 is 0. The molecule has 1 aliphatic heterocycles. The first kappa shape index (κ1) is 19.9. The lowest BCUT2D eigenvalue weighted by atomic mass is 9.88. The molecule has 150 valence electrons. The van der Waals surface area contributed by atoms with Gasteiger partial charge in [0.15, 0.2) is 0 Å². The molecule has 0 unspecified atom stereocenters. The molecule has 1 aliphatic rings. The molecule has 0 spiro atoms. The maximum absolute atomic E-state index is 13.0. The van der Waals surface area contributed by atoms with Gasteiger partial charge in [0.1, 0.15) is 0 Å². The molecule has 1 amide bonds. The van der Waals surface area contributed by atoms with Crippen LogP contribution in [0.25, 0.3) is 0 Å². The van der Waals surface area contributed by atoms with Crippen LogP contribution < -0.4 is 5.73 Å². The van der Waals surface area contributed by atoms with E-state index in [2.05, 4.69) is 41.1 Å². The molecule has 1 saturated heterocycles. The van der Waals surface area contributed by atoms with Gasteiger partial charge in [-0.25, -0.2) is 0 Å². The van der Waals surface area contributed by atoms with Crippen LogP contribution >= 0.6 is 0 Å². The Morgan fingerprint density at radius 2 is 1.73 bits per heavy atom. The van der Waals surface area contributed by atoms with Crippen LogP contribution in [0, 0.1) is 11.8 Å². The largest absolute Gasteiger partial charge is 0.339 e. The molecule has 1 aromatic heterocycles. The Kier molecular flexibility index (Phi) is 6.22. The van der Waals surface area contributed by atoms with E-state index in [-0.39, 0.29) is 5.91 Å². The van der Waals surface area contributed by atoms with Crippen molar-refractivity contribution in [3.8, 4) is 11.8 Å². The van der Waals surface area contributed by atoms with Crippen molar-refractivity contribution in [1.82, 2.24) is 9.88 Å². The van der Waals surface area contributed by atoms with Gasteiger partial charge in [0.05, 0.1) is 5.56 Å². The van der Waals surface area contributed by atoms with Crippen molar-refractivity contribution >= 4 is 5.91 Å². The number of benzene rings is 2. The van der Waals surface area contributed by atoms with Crippen LogP contribution in [0.2, 0.25) is 0 Å². The lowest BCUT2D eigenvalue weighted by Gasteiger charge is -2.32. The third-order valence-corrected chi connectivity index (χ3v) is 5.55. The first-order valence-corrected chi connectivity index (χ1v) is 10.3. The molecule has 4 nitrogen and oxygen atoms in total. The lowest BCUT2D eigenvalue weighted by molar-refractivity contribution is 0.0712. The van der Waals surface area contributed by atoms with E-state index in [9.17, 15) is 4.79 Å². The van der Waals surface area contributed by atoms with Crippen molar-refractivity contribution in [3.05, 3.63) is 101 Å². The molecular weight excluding hydrogens is 370 g/mol. The predicted molar refractivity (Wildman–Crippen MR) is 119 cm³/mol. The summed E-state index contributed by atoms with van der Waals surface area (Å²) in [6.07, 6.45) is 5.25. The van der Waals surface area contributed by atoms with Gasteiger partial charge in [-0.15, -0.1) is 0 Å². The third-order valence-electron chi connectivity index (χ3n) is 5.55. The fraction of sp³-hybridized carbons (Fsp3) is 0.231. The summed E-state index contributed by atoms with van der Waals surface area (Å²) in [6, 6.07) is 20.1. The minimum absolute atomic E-state index is 0.0278. The van der Waals surface area contributed by atoms with Crippen molar-refractivity contribution in [2.24, 2.45) is 5.73 Å². The van der Waals surface area contributed by atoms with Gasteiger partial charge in [-0.2, -0.15) is 0 Å². The zero-order chi connectivity index (χ0) is 20.8. The highest BCUT2D eigenvalue weighted by atomic mass is 16.2. The smallest absolute Gasteiger partial charge is 0.255 e. The van der Waals surface area contributed by atoms with E-state index in [1.54, 1.807) is 12.4 Å². The Morgan fingerprint density at radius 3 is 2.50 bits per heavy atom. The molecule has 2 aromatic carbocycles. The number of hydrogen-bond acceptors (Lipinski definition) is 3. The number of hydrogen-bond donors (Lipinski definition) is 1. The summed E-state index contributed by atoms with van der Waals surface area (Å²) in [5, 5.41) is 0. The van der Waals surface area contributed by atoms with Crippen molar-refractivity contribution in [2.75, 3.05) is 13.1 Å². The van der Waals surface area contributed by atoms with Gasteiger partial charge in [0, 0.05) is 43.2 Å². The minimum Gasteiger partial charge on any atom is -0.339 e. The summed E-state index contributed by atoms with van der Waals surface area (Å²) in [5.41, 5.74) is 10.5. The molecule has 0 bridgehead atoms. The molecule has 30 heavy (non-hydrogen) atoms. The van der Waals surface area contributed by atoms with E-state index in [1.807, 2.05) is 41.3 Å². The highest BCUT2D eigenvalue weighted by molar-refractivity contribution is 5.94. The average Bonchev–Trinajstić information content (AvgIpc) is 2.83. The van der Waals surface area contributed by atoms with Crippen LogP contribution in [-0.4, -0.2) is 28.9 Å². The summed E-state index contributed by atoms with van der Waals surface area (Å²) in [4.78, 5) is 19.1. The second-order valence-electron chi connectivity index (χ2n) is 7.59. The van der Waals surface area contributed by atoms with Crippen LogP contribution in [0.3, 0.4) is 0 Å². The molecule has 0 aliphatic carbocycles. The number of amides is 1. The Balaban J connectivity index is 1.41. The molecule has 0 saturated carbocycles. The van der Waals surface area contributed by atoms with E-state index >= 15 is 0 Å².